The average Bonchev–Trinajstić information content (AvgIpc) is 2.93. The Kier molecular flexibility index (Phi) is 8.88. The fourth-order valence-electron chi connectivity index (χ4n) is 3.55. The number of aromatic nitrogens is 2. The predicted molar refractivity (Wildman–Crippen MR) is 141 cm³/mol. The molecule has 0 aliphatic heterocycles. The first kappa shape index (κ1) is 29.5. The smallest absolute Gasteiger partial charge is 0.229 e. The average molecular weight is 596 g/mol. The second-order valence-electron chi connectivity index (χ2n) is 8.44. The normalized spacial score (nSPS) is 11.3. The van der Waals surface area contributed by atoms with E-state index in [0.717, 1.165) is 6.20 Å². The number of ether oxygens (including phenoxy) is 2. The Morgan fingerprint density at radius 3 is 2.12 bits per heavy atom. The van der Waals surface area contributed by atoms with Gasteiger partial charge in [-0.1, -0.05) is 6.07 Å². The second kappa shape index (κ2) is 12.3. The molecule has 4 rings (SSSR count). The minimum atomic E-state index is -4.52. The maximum absolute atomic E-state index is 14.5. The van der Waals surface area contributed by atoms with Crippen molar-refractivity contribution in [3.05, 3.63) is 83.8 Å². The molecule has 0 radical (unpaired) electrons. The van der Waals surface area contributed by atoms with Crippen LogP contribution in [0.15, 0.2) is 59.6 Å². The zero-order chi connectivity index (χ0) is 29.7. The standard InChI is InChI=1S/C26H22F5N5O4S/c1-39-10-11-40-17-8-6-14(7-9-17)34-25-18(27)13-32-26(36-25)35-16-5-3-4-15(12-16)33-23-21(30)19(28)20(29)22(31)24(23)41(2,37)38/h3-9,12-13,33H,10-11H2,1-2H3,(H2,32,34,35,36). The summed E-state index contributed by atoms with van der Waals surface area (Å²) in [4.78, 5) is 6.59. The van der Waals surface area contributed by atoms with Gasteiger partial charge in [-0.3, -0.25) is 0 Å². The molecule has 4 aromatic rings. The number of hydrogen-bond acceptors (Lipinski definition) is 9. The van der Waals surface area contributed by atoms with Gasteiger partial charge in [0.25, 0.3) is 0 Å². The molecule has 41 heavy (non-hydrogen) atoms. The van der Waals surface area contributed by atoms with Gasteiger partial charge in [0.15, 0.2) is 44.7 Å². The van der Waals surface area contributed by atoms with Crippen LogP contribution in [0, 0.1) is 29.1 Å². The molecule has 0 aliphatic carbocycles. The van der Waals surface area contributed by atoms with Gasteiger partial charge in [-0.05, 0) is 42.5 Å². The molecule has 0 saturated heterocycles. The topological polar surface area (TPSA) is 114 Å². The van der Waals surface area contributed by atoms with Crippen molar-refractivity contribution in [3.63, 3.8) is 0 Å². The van der Waals surface area contributed by atoms with Crippen molar-refractivity contribution in [2.75, 3.05) is 42.5 Å². The number of benzene rings is 3. The van der Waals surface area contributed by atoms with E-state index in [4.69, 9.17) is 9.47 Å². The molecule has 0 unspecified atom stereocenters. The Morgan fingerprint density at radius 1 is 0.805 bits per heavy atom. The summed E-state index contributed by atoms with van der Waals surface area (Å²) in [5.41, 5.74) is -0.394. The number of methoxy groups -OCH3 is 1. The molecule has 0 atom stereocenters. The molecule has 3 aromatic carbocycles. The van der Waals surface area contributed by atoms with Crippen molar-refractivity contribution in [2.45, 2.75) is 4.90 Å². The lowest BCUT2D eigenvalue weighted by Crippen LogP contribution is -2.12. The summed E-state index contributed by atoms with van der Waals surface area (Å²) in [7, 11) is -2.97. The van der Waals surface area contributed by atoms with Crippen LogP contribution in [0.5, 0.6) is 5.75 Å². The van der Waals surface area contributed by atoms with E-state index < -0.39 is 49.5 Å². The van der Waals surface area contributed by atoms with Gasteiger partial charge in [-0.15, -0.1) is 0 Å². The predicted octanol–water partition coefficient (Wildman–Crippen LogP) is 5.83. The zero-order valence-electron chi connectivity index (χ0n) is 21.4. The number of sulfone groups is 1. The summed E-state index contributed by atoms with van der Waals surface area (Å²) >= 11 is 0. The number of anilines is 6. The summed E-state index contributed by atoms with van der Waals surface area (Å²) in [6, 6.07) is 12.2. The molecule has 0 saturated carbocycles. The lowest BCUT2D eigenvalue weighted by Gasteiger charge is -2.15. The Hall–Kier alpha value is -4.50. The van der Waals surface area contributed by atoms with Gasteiger partial charge >= 0.3 is 0 Å². The molecular formula is C26H22F5N5O4S. The SMILES string of the molecule is COCCOc1ccc(Nc2nc(Nc3cccc(Nc4c(F)c(F)c(F)c(F)c4S(C)(=O)=O)c3)ncc2F)cc1. The maximum atomic E-state index is 14.5. The Balaban J connectivity index is 1.54. The van der Waals surface area contributed by atoms with E-state index >= 15 is 0 Å². The zero-order valence-corrected chi connectivity index (χ0v) is 22.3. The van der Waals surface area contributed by atoms with Gasteiger partial charge in [0.05, 0.1) is 18.5 Å². The molecule has 0 aliphatic rings. The van der Waals surface area contributed by atoms with E-state index in [2.05, 4.69) is 25.9 Å². The largest absolute Gasteiger partial charge is 0.491 e. The van der Waals surface area contributed by atoms with Crippen LogP contribution in [0.2, 0.25) is 0 Å². The number of nitrogens with zero attached hydrogens (tertiary/aromatic N) is 2. The molecule has 0 spiro atoms. The molecule has 1 aromatic heterocycles. The van der Waals surface area contributed by atoms with Crippen LogP contribution in [0.3, 0.4) is 0 Å². The van der Waals surface area contributed by atoms with Gasteiger partial charge in [-0.2, -0.15) is 4.98 Å². The van der Waals surface area contributed by atoms with Gasteiger partial charge in [0.1, 0.15) is 17.3 Å². The van der Waals surface area contributed by atoms with Crippen LogP contribution < -0.4 is 20.7 Å². The molecule has 0 amide bonds. The summed E-state index contributed by atoms with van der Waals surface area (Å²) in [5, 5.41) is 7.90. The van der Waals surface area contributed by atoms with Crippen molar-refractivity contribution in [1.82, 2.24) is 9.97 Å². The fraction of sp³-hybridized carbons (Fsp3) is 0.154. The van der Waals surface area contributed by atoms with Crippen LogP contribution in [0.25, 0.3) is 0 Å². The molecular weight excluding hydrogens is 573 g/mol. The molecule has 0 bridgehead atoms. The van der Waals surface area contributed by atoms with Gasteiger partial charge < -0.3 is 25.4 Å². The molecule has 0 fully saturated rings. The maximum Gasteiger partial charge on any atom is 0.229 e. The Labute approximate surface area is 231 Å². The van der Waals surface area contributed by atoms with E-state index in [1.54, 1.807) is 31.4 Å². The highest BCUT2D eigenvalue weighted by molar-refractivity contribution is 7.90. The van der Waals surface area contributed by atoms with Crippen LogP contribution in [-0.2, 0) is 14.6 Å². The minimum absolute atomic E-state index is 0.0301. The Bertz CT molecular complexity index is 1670. The molecule has 15 heteroatoms. The fourth-order valence-corrected chi connectivity index (χ4v) is 4.48. The van der Waals surface area contributed by atoms with Crippen LogP contribution in [0.1, 0.15) is 0 Å². The molecule has 1 heterocycles. The number of hydrogen-bond donors (Lipinski definition) is 3. The van der Waals surface area contributed by atoms with Gasteiger partial charge in [0.2, 0.25) is 5.95 Å². The van der Waals surface area contributed by atoms with Crippen LogP contribution in [0.4, 0.5) is 56.5 Å². The third-order valence-corrected chi connectivity index (χ3v) is 6.53. The van der Waals surface area contributed by atoms with Gasteiger partial charge in [-0.25, -0.2) is 35.4 Å². The van der Waals surface area contributed by atoms with Crippen molar-refractivity contribution >= 4 is 44.4 Å². The van der Waals surface area contributed by atoms with Crippen LogP contribution in [-0.4, -0.2) is 45.0 Å². The third-order valence-electron chi connectivity index (χ3n) is 5.40. The minimum Gasteiger partial charge on any atom is -0.491 e. The van der Waals surface area contributed by atoms with Crippen molar-refractivity contribution in [1.29, 1.82) is 0 Å². The third kappa shape index (κ3) is 6.99. The summed E-state index contributed by atoms with van der Waals surface area (Å²) in [6.45, 7) is 0.782. The van der Waals surface area contributed by atoms with Crippen molar-refractivity contribution in [3.8, 4) is 5.75 Å². The molecule has 3 N–H and O–H groups in total. The van der Waals surface area contributed by atoms with Crippen molar-refractivity contribution in [2.24, 2.45) is 0 Å². The van der Waals surface area contributed by atoms with E-state index in [0.29, 0.717) is 30.9 Å². The van der Waals surface area contributed by atoms with Crippen molar-refractivity contribution < 1.29 is 39.8 Å². The van der Waals surface area contributed by atoms with Crippen LogP contribution >= 0.6 is 0 Å². The Morgan fingerprint density at radius 2 is 1.46 bits per heavy atom. The van der Waals surface area contributed by atoms with E-state index in [1.165, 1.54) is 24.3 Å². The first-order chi connectivity index (χ1) is 19.5. The quantitative estimate of drug-likeness (QED) is 0.0648. The number of halogens is 5. The van der Waals surface area contributed by atoms with Gasteiger partial charge in [0, 0.05) is 30.4 Å². The lowest BCUT2D eigenvalue weighted by molar-refractivity contribution is 0.146. The lowest BCUT2D eigenvalue weighted by atomic mass is 10.2. The first-order valence-electron chi connectivity index (χ1n) is 11.7. The highest BCUT2D eigenvalue weighted by Gasteiger charge is 2.31. The monoisotopic (exact) mass is 595 g/mol. The highest BCUT2D eigenvalue weighted by Crippen LogP contribution is 2.35. The summed E-state index contributed by atoms with van der Waals surface area (Å²) in [5.74, 6) is -8.81. The summed E-state index contributed by atoms with van der Waals surface area (Å²) in [6.07, 6.45) is 1.44. The van der Waals surface area contributed by atoms with E-state index in [-0.39, 0.29) is 23.1 Å². The molecule has 9 nitrogen and oxygen atoms in total. The van der Waals surface area contributed by atoms with E-state index in [1.807, 2.05) is 0 Å². The highest BCUT2D eigenvalue weighted by atomic mass is 32.2. The number of rotatable bonds is 11. The molecule has 216 valence electrons. The van der Waals surface area contributed by atoms with E-state index in [9.17, 15) is 30.4 Å². The first-order valence-corrected chi connectivity index (χ1v) is 13.6. The second-order valence-corrected chi connectivity index (χ2v) is 10.4. The summed E-state index contributed by atoms with van der Waals surface area (Å²) < 4.78 is 105. The number of nitrogens with one attached hydrogen (secondary N) is 3.